The van der Waals surface area contributed by atoms with Gasteiger partial charge in [0.25, 0.3) is 15.9 Å². The number of aromatic nitrogens is 3. The number of hydrogen-bond donors (Lipinski definition) is 1. The first-order valence-corrected chi connectivity index (χ1v) is 8.80. The second kappa shape index (κ2) is 6.39. The van der Waals surface area contributed by atoms with Gasteiger partial charge in [-0.05, 0) is 24.3 Å². The first-order chi connectivity index (χ1) is 11.4. The second-order valence-corrected chi connectivity index (χ2v) is 7.02. The smallest absolute Gasteiger partial charge is 0.264 e. The number of nitrogens with zero attached hydrogens (tertiary/aromatic N) is 3. The van der Waals surface area contributed by atoms with E-state index in [0.29, 0.717) is 5.52 Å². The summed E-state index contributed by atoms with van der Waals surface area (Å²) in [6.07, 6.45) is 1.52. The van der Waals surface area contributed by atoms with E-state index < -0.39 is 10.0 Å². The van der Waals surface area contributed by atoms with Crippen molar-refractivity contribution < 1.29 is 13.2 Å². The minimum absolute atomic E-state index is 0.0113. The Morgan fingerprint density at radius 1 is 1.12 bits per heavy atom. The van der Waals surface area contributed by atoms with E-state index in [1.807, 2.05) is 0 Å². The Morgan fingerprint density at radius 2 is 1.92 bits per heavy atom. The van der Waals surface area contributed by atoms with Crippen LogP contribution in [0.2, 0.25) is 10.0 Å². The molecule has 0 radical (unpaired) electrons. The first-order valence-electron chi connectivity index (χ1n) is 6.56. The number of sulfonamides is 1. The zero-order chi connectivity index (χ0) is 17.3. The van der Waals surface area contributed by atoms with E-state index in [0.717, 1.165) is 0 Å². The highest BCUT2D eigenvalue weighted by Crippen LogP contribution is 2.31. The van der Waals surface area contributed by atoms with Gasteiger partial charge in [-0.1, -0.05) is 29.3 Å². The summed E-state index contributed by atoms with van der Waals surface area (Å²) in [6, 6.07) is 7.67. The van der Waals surface area contributed by atoms with Gasteiger partial charge in [-0.2, -0.15) is 0 Å². The van der Waals surface area contributed by atoms with E-state index in [-0.39, 0.29) is 32.3 Å². The van der Waals surface area contributed by atoms with Gasteiger partial charge < -0.3 is 4.74 Å². The van der Waals surface area contributed by atoms with E-state index >= 15 is 0 Å². The van der Waals surface area contributed by atoms with Gasteiger partial charge in [-0.3, -0.25) is 4.72 Å². The molecule has 0 aliphatic heterocycles. The zero-order valence-corrected chi connectivity index (χ0v) is 14.5. The number of ether oxygens (including phenoxy) is 1. The second-order valence-electron chi connectivity index (χ2n) is 4.59. The quantitative estimate of drug-likeness (QED) is 0.742. The van der Waals surface area contributed by atoms with E-state index in [4.69, 9.17) is 27.9 Å². The maximum Gasteiger partial charge on any atom is 0.264 e. The van der Waals surface area contributed by atoms with Gasteiger partial charge in [0, 0.05) is 6.20 Å². The van der Waals surface area contributed by atoms with Crippen LogP contribution < -0.4 is 9.46 Å². The lowest BCUT2D eigenvalue weighted by Gasteiger charge is -2.12. The third-order valence-corrected chi connectivity index (χ3v) is 5.35. The number of pyridine rings is 1. The normalized spacial score (nSPS) is 11.5. The summed E-state index contributed by atoms with van der Waals surface area (Å²) in [5.41, 5.74) is 0.742. The van der Waals surface area contributed by atoms with Gasteiger partial charge in [-0.25, -0.2) is 23.4 Å². The molecule has 0 amide bonds. The van der Waals surface area contributed by atoms with Crippen LogP contribution >= 0.6 is 23.2 Å². The monoisotopic (exact) mass is 384 g/mol. The van der Waals surface area contributed by atoms with Crippen LogP contribution in [-0.2, 0) is 10.0 Å². The van der Waals surface area contributed by atoms with Crippen LogP contribution in [0.1, 0.15) is 0 Å². The van der Waals surface area contributed by atoms with Crippen molar-refractivity contribution in [1.82, 2.24) is 15.0 Å². The lowest BCUT2D eigenvalue weighted by molar-refractivity contribution is 0.400. The van der Waals surface area contributed by atoms with Crippen LogP contribution in [0, 0.1) is 0 Å². The largest absolute Gasteiger partial charge is 0.478 e. The Labute approximate surface area is 147 Å². The molecule has 1 aromatic carbocycles. The number of halogens is 2. The minimum atomic E-state index is -4.04. The molecule has 24 heavy (non-hydrogen) atoms. The molecule has 0 saturated heterocycles. The van der Waals surface area contributed by atoms with Crippen molar-refractivity contribution in [3.05, 3.63) is 46.6 Å². The minimum Gasteiger partial charge on any atom is -0.478 e. The predicted octanol–water partition coefficient (Wildman–Crippen LogP) is 3.14. The molecule has 7 nitrogen and oxygen atoms in total. The maximum atomic E-state index is 12.6. The number of fused-ring (bicyclic) bond motifs is 1. The summed E-state index contributed by atoms with van der Waals surface area (Å²) in [5, 5.41) is 0.0373. The molecule has 124 valence electrons. The highest BCUT2D eigenvalue weighted by molar-refractivity contribution is 7.92. The number of rotatable bonds is 4. The van der Waals surface area contributed by atoms with Crippen molar-refractivity contribution in [3.8, 4) is 5.88 Å². The van der Waals surface area contributed by atoms with Crippen LogP contribution in [0.4, 0.5) is 5.82 Å². The van der Waals surface area contributed by atoms with E-state index in [2.05, 4.69) is 19.7 Å². The summed E-state index contributed by atoms with van der Waals surface area (Å²) in [7, 11) is -2.69. The van der Waals surface area contributed by atoms with E-state index in [1.165, 1.54) is 31.5 Å². The summed E-state index contributed by atoms with van der Waals surface area (Å²) in [6.45, 7) is 0. The molecular formula is C14H10Cl2N4O3S. The lowest BCUT2D eigenvalue weighted by Crippen LogP contribution is -2.16. The summed E-state index contributed by atoms with van der Waals surface area (Å²) in [4.78, 5) is 12.2. The average molecular weight is 385 g/mol. The number of benzene rings is 1. The molecule has 0 aliphatic carbocycles. The summed E-state index contributed by atoms with van der Waals surface area (Å²) < 4.78 is 32.6. The van der Waals surface area contributed by atoms with Crippen molar-refractivity contribution in [2.24, 2.45) is 0 Å². The van der Waals surface area contributed by atoms with Gasteiger partial charge >= 0.3 is 0 Å². The van der Waals surface area contributed by atoms with Crippen molar-refractivity contribution in [2.45, 2.75) is 4.90 Å². The molecule has 0 spiro atoms. The first kappa shape index (κ1) is 16.7. The lowest BCUT2D eigenvalue weighted by atomic mass is 10.4. The molecule has 0 fully saturated rings. The Bertz CT molecular complexity index is 1030. The highest BCUT2D eigenvalue weighted by Gasteiger charge is 2.23. The number of nitrogens with one attached hydrogen (secondary N) is 1. The molecule has 3 aromatic rings. The van der Waals surface area contributed by atoms with Gasteiger partial charge in [0.1, 0.15) is 10.4 Å². The topological polar surface area (TPSA) is 94.1 Å². The zero-order valence-electron chi connectivity index (χ0n) is 12.2. The molecular weight excluding hydrogens is 375 g/mol. The van der Waals surface area contributed by atoms with Gasteiger partial charge in [0.2, 0.25) is 5.82 Å². The Balaban J connectivity index is 2.09. The Hall–Kier alpha value is -2.16. The third-order valence-electron chi connectivity index (χ3n) is 3.04. The van der Waals surface area contributed by atoms with Gasteiger partial charge in [0.05, 0.1) is 17.2 Å². The van der Waals surface area contributed by atoms with E-state index in [9.17, 15) is 8.42 Å². The van der Waals surface area contributed by atoms with Gasteiger partial charge in [-0.15, -0.1) is 0 Å². The van der Waals surface area contributed by atoms with Crippen molar-refractivity contribution in [3.63, 3.8) is 0 Å². The van der Waals surface area contributed by atoms with Crippen LogP contribution in [0.3, 0.4) is 0 Å². The maximum absolute atomic E-state index is 12.6. The highest BCUT2D eigenvalue weighted by atomic mass is 35.5. The Kier molecular flexibility index (Phi) is 4.44. The van der Waals surface area contributed by atoms with E-state index in [1.54, 1.807) is 12.1 Å². The van der Waals surface area contributed by atoms with Crippen molar-refractivity contribution in [1.29, 1.82) is 0 Å². The molecule has 10 heteroatoms. The SMILES string of the molecule is COc1nc2cccnc2nc1NS(=O)(=O)c1cccc(Cl)c1Cl. The van der Waals surface area contributed by atoms with Crippen molar-refractivity contribution in [2.75, 3.05) is 11.8 Å². The van der Waals surface area contributed by atoms with Crippen LogP contribution in [0.15, 0.2) is 41.4 Å². The van der Waals surface area contributed by atoms with Crippen LogP contribution in [0.5, 0.6) is 5.88 Å². The van der Waals surface area contributed by atoms with Gasteiger partial charge in [0.15, 0.2) is 5.65 Å². The fourth-order valence-corrected chi connectivity index (χ4v) is 3.72. The summed E-state index contributed by atoms with van der Waals surface area (Å²) >= 11 is 11.9. The molecule has 0 saturated carbocycles. The standard InChI is InChI=1S/C14H10Cl2N4O3S/c1-23-14-13(19-12-9(18-14)5-3-7-17-12)20-24(21,22)10-6-2-4-8(15)11(10)16/h2-7H,1H3,(H,17,19,20). The Morgan fingerprint density at radius 3 is 2.67 bits per heavy atom. The molecule has 1 N–H and O–H groups in total. The number of methoxy groups -OCH3 is 1. The van der Waals surface area contributed by atoms with Crippen molar-refractivity contribution >= 4 is 50.2 Å². The molecule has 0 bridgehead atoms. The molecule has 0 aliphatic rings. The molecule has 2 aromatic heterocycles. The summed E-state index contributed by atoms with van der Waals surface area (Å²) in [5.74, 6) is -0.0861. The molecule has 0 unspecified atom stereocenters. The number of anilines is 1. The average Bonchev–Trinajstić information content (AvgIpc) is 2.56. The molecule has 3 rings (SSSR count). The van der Waals surface area contributed by atoms with Crippen LogP contribution in [0.25, 0.3) is 11.2 Å². The predicted molar refractivity (Wildman–Crippen MR) is 91.2 cm³/mol. The third kappa shape index (κ3) is 3.08. The van der Waals surface area contributed by atoms with Crippen LogP contribution in [-0.4, -0.2) is 30.5 Å². The number of hydrogen-bond acceptors (Lipinski definition) is 6. The molecule has 0 atom stereocenters. The fourth-order valence-electron chi connectivity index (χ4n) is 1.96. The fraction of sp³-hybridized carbons (Fsp3) is 0.0714. The molecule has 2 heterocycles.